The molecular formula is C22H36N2O4. The number of hydrogen-bond donors (Lipinski definition) is 1. The molecule has 0 aromatic heterocycles. The maximum absolute atomic E-state index is 12.4. The van der Waals surface area contributed by atoms with Crippen molar-refractivity contribution in [2.75, 3.05) is 7.11 Å². The minimum atomic E-state index is -0.560. The summed E-state index contributed by atoms with van der Waals surface area (Å²) < 4.78 is 10.3. The predicted octanol–water partition coefficient (Wildman–Crippen LogP) is 3.79. The third-order valence-electron chi connectivity index (χ3n) is 6.32. The second kappa shape index (κ2) is 8.85. The average Bonchev–Trinajstić information content (AvgIpc) is 2.89. The molecule has 158 valence electrons. The van der Waals surface area contributed by atoms with E-state index in [1.165, 1.54) is 39.2 Å². The van der Waals surface area contributed by atoms with Gasteiger partial charge in [0, 0.05) is 24.2 Å². The number of rotatable bonds is 5. The van der Waals surface area contributed by atoms with Gasteiger partial charge in [-0.2, -0.15) is 0 Å². The molecule has 0 spiro atoms. The van der Waals surface area contributed by atoms with E-state index in [0.29, 0.717) is 18.1 Å². The lowest BCUT2D eigenvalue weighted by molar-refractivity contribution is -0.141. The molecule has 1 N–H and O–H groups in total. The van der Waals surface area contributed by atoms with Gasteiger partial charge in [0.1, 0.15) is 5.60 Å². The highest BCUT2D eigenvalue weighted by molar-refractivity contribution is 5.73. The van der Waals surface area contributed by atoms with Gasteiger partial charge in [-0.3, -0.25) is 9.69 Å². The fraction of sp³-hybridized carbons (Fsp3) is 0.818. The minimum absolute atomic E-state index is 0.198. The fourth-order valence-electron chi connectivity index (χ4n) is 5.23. The molecule has 6 nitrogen and oxygen atoms in total. The SMILES string of the molecule is COC(=O)C[C@@H](NC(=O)OC(C)(C)C)C1CC2CCC(C1)N2C1C=CCCC1. The molecular weight excluding hydrogens is 356 g/mol. The van der Waals surface area contributed by atoms with E-state index in [9.17, 15) is 9.59 Å². The second-order valence-corrected chi connectivity index (χ2v) is 9.52. The van der Waals surface area contributed by atoms with Crippen LogP contribution < -0.4 is 5.32 Å². The Morgan fingerprint density at radius 3 is 2.39 bits per heavy atom. The summed E-state index contributed by atoms with van der Waals surface area (Å²) in [5, 5.41) is 2.98. The van der Waals surface area contributed by atoms with E-state index in [1.807, 2.05) is 20.8 Å². The molecule has 2 bridgehead atoms. The van der Waals surface area contributed by atoms with Crippen LogP contribution in [0.5, 0.6) is 0 Å². The Kier molecular flexibility index (Phi) is 6.69. The van der Waals surface area contributed by atoms with Gasteiger partial charge in [-0.15, -0.1) is 0 Å². The molecule has 3 unspecified atom stereocenters. The van der Waals surface area contributed by atoms with Crippen LogP contribution in [0.3, 0.4) is 0 Å². The van der Waals surface area contributed by atoms with Crippen LogP contribution in [0.4, 0.5) is 4.79 Å². The lowest BCUT2D eigenvalue weighted by Gasteiger charge is -2.45. The van der Waals surface area contributed by atoms with Crippen molar-refractivity contribution in [2.45, 2.75) is 102 Å². The molecule has 0 aromatic rings. The van der Waals surface area contributed by atoms with E-state index in [1.54, 1.807) is 0 Å². The van der Waals surface area contributed by atoms with Gasteiger partial charge in [0.25, 0.3) is 0 Å². The van der Waals surface area contributed by atoms with Crippen LogP contribution in [0, 0.1) is 5.92 Å². The van der Waals surface area contributed by atoms with Crippen LogP contribution in [0.2, 0.25) is 0 Å². The first kappa shape index (κ1) is 21.2. The molecule has 4 atom stereocenters. The van der Waals surface area contributed by atoms with Crippen LogP contribution in [0.15, 0.2) is 12.2 Å². The van der Waals surface area contributed by atoms with E-state index >= 15 is 0 Å². The molecule has 2 saturated heterocycles. The molecule has 2 aliphatic heterocycles. The Balaban J connectivity index is 1.67. The summed E-state index contributed by atoms with van der Waals surface area (Å²) in [6, 6.07) is 1.40. The van der Waals surface area contributed by atoms with Crippen LogP contribution in [0.1, 0.15) is 72.1 Å². The van der Waals surface area contributed by atoms with Crippen LogP contribution in [0.25, 0.3) is 0 Å². The zero-order chi connectivity index (χ0) is 20.3. The number of carbonyl (C=O) groups excluding carboxylic acids is 2. The molecule has 0 aromatic carbocycles. The Hall–Kier alpha value is -1.56. The first-order valence-electron chi connectivity index (χ1n) is 10.8. The lowest BCUT2D eigenvalue weighted by Crippen LogP contribution is -2.53. The first-order valence-corrected chi connectivity index (χ1v) is 10.8. The van der Waals surface area contributed by atoms with Gasteiger partial charge < -0.3 is 14.8 Å². The highest BCUT2D eigenvalue weighted by atomic mass is 16.6. The van der Waals surface area contributed by atoms with Crippen molar-refractivity contribution in [1.29, 1.82) is 0 Å². The van der Waals surface area contributed by atoms with Gasteiger partial charge in [-0.25, -0.2) is 4.79 Å². The number of nitrogens with zero attached hydrogens (tertiary/aromatic N) is 1. The number of piperidine rings is 1. The van der Waals surface area contributed by atoms with Crippen LogP contribution in [-0.4, -0.2) is 53.8 Å². The third-order valence-corrected chi connectivity index (χ3v) is 6.32. The summed E-state index contributed by atoms with van der Waals surface area (Å²) in [6.45, 7) is 5.54. The molecule has 6 heteroatoms. The van der Waals surface area contributed by atoms with Crippen molar-refractivity contribution in [2.24, 2.45) is 5.92 Å². The average molecular weight is 393 g/mol. The number of fused-ring (bicyclic) bond motifs is 2. The smallest absolute Gasteiger partial charge is 0.407 e. The number of allylic oxidation sites excluding steroid dienone is 1. The van der Waals surface area contributed by atoms with Crippen molar-refractivity contribution in [3.63, 3.8) is 0 Å². The normalized spacial score (nSPS) is 31.3. The molecule has 3 aliphatic rings. The molecule has 28 heavy (non-hydrogen) atoms. The van der Waals surface area contributed by atoms with Crippen LogP contribution in [-0.2, 0) is 14.3 Å². The van der Waals surface area contributed by atoms with Crippen molar-refractivity contribution < 1.29 is 19.1 Å². The van der Waals surface area contributed by atoms with E-state index < -0.39 is 11.7 Å². The predicted molar refractivity (Wildman–Crippen MR) is 108 cm³/mol. The van der Waals surface area contributed by atoms with Gasteiger partial charge in [0.15, 0.2) is 0 Å². The maximum Gasteiger partial charge on any atom is 0.407 e. The molecule has 1 amide bonds. The molecule has 0 saturated carbocycles. The zero-order valence-electron chi connectivity index (χ0n) is 17.8. The molecule has 2 fully saturated rings. The number of carbonyl (C=O) groups is 2. The second-order valence-electron chi connectivity index (χ2n) is 9.52. The topological polar surface area (TPSA) is 67.9 Å². The van der Waals surface area contributed by atoms with Gasteiger partial charge in [-0.05, 0) is 71.6 Å². The molecule has 1 aliphatic carbocycles. The number of nitrogens with one attached hydrogen (secondary N) is 1. The van der Waals surface area contributed by atoms with Gasteiger partial charge >= 0.3 is 12.1 Å². The third kappa shape index (κ3) is 5.28. The number of methoxy groups -OCH3 is 1. The lowest BCUT2D eigenvalue weighted by atomic mass is 9.82. The number of amides is 1. The highest BCUT2D eigenvalue weighted by Gasteiger charge is 2.45. The van der Waals surface area contributed by atoms with Crippen molar-refractivity contribution in [3.05, 3.63) is 12.2 Å². The maximum atomic E-state index is 12.4. The summed E-state index contributed by atoms with van der Waals surface area (Å²) >= 11 is 0. The van der Waals surface area contributed by atoms with Gasteiger partial charge in [0.05, 0.1) is 13.5 Å². The first-order chi connectivity index (χ1) is 13.3. The Labute approximate surface area is 169 Å². The summed E-state index contributed by atoms with van der Waals surface area (Å²) in [4.78, 5) is 27.1. The molecule has 3 rings (SSSR count). The Morgan fingerprint density at radius 2 is 1.86 bits per heavy atom. The number of hydrogen-bond acceptors (Lipinski definition) is 5. The quantitative estimate of drug-likeness (QED) is 0.569. The largest absolute Gasteiger partial charge is 0.469 e. The van der Waals surface area contributed by atoms with Crippen molar-refractivity contribution >= 4 is 12.1 Å². The standard InChI is InChI=1S/C22H36N2O4/c1-22(2,3)28-21(26)23-19(14-20(25)27-4)15-12-17-10-11-18(13-15)24(17)16-8-6-5-7-9-16/h6,8,15-19H,5,7,9-14H2,1-4H3,(H,23,26)/t15?,16?,17?,18?,19-/m1/s1. The summed E-state index contributed by atoms with van der Waals surface area (Å²) in [7, 11) is 1.40. The Morgan fingerprint density at radius 1 is 1.18 bits per heavy atom. The van der Waals surface area contributed by atoms with Crippen molar-refractivity contribution in [3.8, 4) is 0 Å². The van der Waals surface area contributed by atoms with E-state index in [4.69, 9.17) is 9.47 Å². The van der Waals surface area contributed by atoms with Gasteiger partial charge in [-0.1, -0.05) is 12.2 Å². The number of esters is 1. The summed E-state index contributed by atoms with van der Waals surface area (Å²) in [6.07, 6.45) is 12.6. The van der Waals surface area contributed by atoms with E-state index in [2.05, 4.69) is 22.4 Å². The van der Waals surface area contributed by atoms with Gasteiger partial charge in [0.2, 0.25) is 0 Å². The summed E-state index contributed by atoms with van der Waals surface area (Å²) in [5.74, 6) is -0.0148. The van der Waals surface area contributed by atoms with Crippen LogP contribution >= 0.6 is 0 Å². The van der Waals surface area contributed by atoms with Crippen molar-refractivity contribution in [1.82, 2.24) is 10.2 Å². The summed E-state index contributed by atoms with van der Waals surface area (Å²) in [5.41, 5.74) is -0.560. The highest BCUT2D eigenvalue weighted by Crippen LogP contribution is 2.43. The Bertz CT molecular complexity index is 584. The van der Waals surface area contributed by atoms with E-state index in [-0.39, 0.29) is 24.3 Å². The number of alkyl carbamates (subject to hydrolysis) is 1. The monoisotopic (exact) mass is 392 g/mol. The molecule has 2 heterocycles. The fourth-order valence-corrected chi connectivity index (χ4v) is 5.23. The zero-order valence-corrected chi connectivity index (χ0v) is 17.8. The minimum Gasteiger partial charge on any atom is -0.469 e. The molecule has 0 radical (unpaired) electrons. The van der Waals surface area contributed by atoms with E-state index in [0.717, 1.165) is 12.8 Å². The number of ether oxygens (including phenoxy) is 2.